The third kappa shape index (κ3) is 2.69. The summed E-state index contributed by atoms with van der Waals surface area (Å²) >= 11 is 0. The number of aromatic hydroxyl groups is 1. The lowest BCUT2D eigenvalue weighted by Crippen LogP contribution is -2.17. The Hall–Kier alpha value is -0.630. The second kappa shape index (κ2) is 4.93. The molecule has 0 radical (unpaired) electrons. The molecule has 0 aromatic heterocycles. The Balaban J connectivity index is 3.14. The van der Waals surface area contributed by atoms with E-state index in [4.69, 9.17) is 0 Å². The standard InChI is InChI=1S/C13H20OS/c1-6-15(9(2)3)12-7-10(4)13(14)11(5)8-12/h7-9H,6H2,1-5H3/p+1. The maximum absolute atomic E-state index is 9.73. The van der Waals surface area contributed by atoms with Gasteiger partial charge in [-0.1, -0.05) is 0 Å². The molecule has 0 heterocycles. The summed E-state index contributed by atoms with van der Waals surface area (Å²) < 4.78 is 0. The Morgan fingerprint density at radius 1 is 1.20 bits per heavy atom. The van der Waals surface area contributed by atoms with E-state index < -0.39 is 0 Å². The van der Waals surface area contributed by atoms with Crippen LogP contribution in [0, 0.1) is 13.8 Å². The average Bonchev–Trinajstić information content (AvgIpc) is 2.14. The van der Waals surface area contributed by atoms with Crippen LogP contribution >= 0.6 is 0 Å². The van der Waals surface area contributed by atoms with Crippen LogP contribution in [-0.4, -0.2) is 16.1 Å². The van der Waals surface area contributed by atoms with Crippen molar-refractivity contribution in [2.75, 3.05) is 5.75 Å². The molecule has 0 amide bonds. The molecule has 1 rings (SSSR count). The largest absolute Gasteiger partial charge is 0.507 e. The zero-order valence-corrected chi connectivity index (χ0v) is 11.1. The fraction of sp³-hybridized carbons (Fsp3) is 0.538. The Bertz CT molecular complexity index is 321. The minimum Gasteiger partial charge on any atom is -0.507 e. The molecule has 0 saturated carbocycles. The summed E-state index contributed by atoms with van der Waals surface area (Å²) in [4.78, 5) is 1.39. The molecule has 0 spiro atoms. The van der Waals surface area contributed by atoms with Crippen LogP contribution in [0.25, 0.3) is 0 Å². The van der Waals surface area contributed by atoms with Crippen LogP contribution in [0.1, 0.15) is 31.9 Å². The second-order valence-electron chi connectivity index (χ2n) is 4.17. The summed E-state index contributed by atoms with van der Waals surface area (Å²) in [6.07, 6.45) is 0. The van der Waals surface area contributed by atoms with E-state index >= 15 is 0 Å². The number of phenolic OH excluding ortho intramolecular Hbond substituents is 1. The minimum atomic E-state index is 0.314. The SMILES string of the molecule is CC[S+](c1cc(C)c(O)c(C)c1)C(C)C. The third-order valence-corrected chi connectivity index (χ3v) is 5.25. The highest BCUT2D eigenvalue weighted by atomic mass is 32.2. The Labute approximate surface area is 95.9 Å². The maximum atomic E-state index is 9.73. The summed E-state index contributed by atoms with van der Waals surface area (Å²) in [7, 11) is 0.314. The summed E-state index contributed by atoms with van der Waals surface area (Å²) in [5, 5.41) is 10.4. The first-order valence-electron chi connectivity index (χ1n) is 5.47. The van der Waals surface area contributed by atoms with Gasteiger partial charge in [0, 0.05) is 10.9 Å². The lowest BCUT2D eigenvalue weighted by Gasteiger charge is -2.12. The molecule has 0 aliphatic rings. The predicted octanol–water partition coefficient (Wildman–Crippen LogP) is 3.41. The molecule has 0 aliphatic heterocycles. The Morgan fingerprint density at radius 2 is 1.67 bits per heavy atom. The summed E-state index contributed by atoms with van der Waals surface area (Å²) in [6.45, 7) is 10.7. The Kier molecular flexibility index (Phi) is 4.09. The van der Waals surface area contributed by atoms with Gasteiger partial charge in [0.1, 0.15) is 16.8 Å². The van der Waals surface area contributed by atoms with Crippen molar-refractivity contribution in [2.24, 2.45) is 0 Å². The second-order valence-corrected chi connectivity index (χ2v) is 7.02. The lowest BCUT2D eigenvalue weighted by molar-refractivity contribution is 0.466. The van der Waals surface area contributed by atoms with Crippen molar-refractivity contribution in [1.82, 2.24) is 0 Å². The smallest absolute Gasteiger partial charge is 0.155 e. The maximum Gasteiger partial charge on any atom is 0.155 e. The van der Waals surface area contributed by atoms with Crippen molar-refractivity contribution in [3.63, 3.8) is 0 Å². The fourth-order valence-corrected chi connectivity index (χ4v) is 4.04. The molecule has 1 aromatic rings. The van der Waals surface area contributed by atoms with E-state index in [1.165, 1.54) is 10.6 Å². The predicted molar refractivity (Wildman–Crippen MR) is 68.9 cm³/mol. The zero-order valence-electron chi connectivity index (χ0n) is 10.3. The summed E-state index contributed by atoms with van der Waals surface area (Å²) in [5.41, 5.74) is 1.99. The van der Waals surface area contributed by atoms with E-state index in [0.29, 0.717) is 21.9 Å². The van der Waals surface area contributed by atoms with Crippen molar-refractivity contribution >= 4 is 10.9 Å². The van der Waals surface area contributed by atoms with Gasteiger partial charge in [0.2, 0.25) is 0 Å². The van der Waals surface area contributed by atoms with E-state index in [-0.39, 0.29) is 0 Å². The van der Waals surface area contributed by atoms with Crippen LogP contribution in [0.3, 0.4) is 0 Å². The molecule has 1 aromatic carbocycles. The molecule has 15 heavy (non-hydrogen) atoms. The number of hydrogen-bond acceptors (Lipinski definition) is 1. The summed E-state index contributed by atoms with van der Waals surface area (Å²) in [5.74, 6) is 1.63. The zero-order chi connectivity index (χ0) is 11.6. The van der Waals surface area contributed by atoms with Crippen LogP contribution in [0.4, 0.5) is 0 Å². The Morgan fingerprint density at radius 3 is 2.00 bits per heavy atom. The van der Waals surface area contributed by atoms with Gasteiger partial charge in [-0.25, -0.2) is 0 Å². The van der Waals surface area contributed by atoms with E-state index in [1.54, 1.807) is 0 Å². The molecular formula is C13H21OS+. The van der Waals surface area contributed by atoms with Crippen molar-refractivity contribution in [3.05, 3.63) is 23.3 Å². The van der Waals surface area contributed by atoms with Crippen molar-refractivity contribution in [2.45, 2.75) is 44.8 Å². The van der Waals surface area contributed by atoms with Gasteiger partial charge >= 0.3 is 0 Å². The number of aryl methyl sites for hydroxylation is 2. The average molecular weight is 225 g/mol. The highest BCUT2D eigenvalue weighted by molar-refractivity contribution is 7.97. The van der Waals surface area contributed by atoms with Crippen LogP contribution in [0.2, 0.25) is 0 Å². The van der Waals surface area contributed by atoms with Gasteiger partial charge < -0.3 is 5.11 Å². The van der Waals surface area contributed by atoms with Gasteiger partial charge in [0.25, 0.3) is 0 Å². The highest BCUT2D eigenvalue weighted by Crippen LogP contribution is 2.28. The van der Waals surface area contributed by atoms with Crippen LogP contribution in [0.15, 0.2) is 17.0 Å². The molecule has 1 unspecified atom stereocenters. The van der Waals surface area contributed by atoms with Crippen LogP contribution in [0.5, 0.6) is 5.75 Å². The highest BCUT2D eigenvalue weighted by Gasteiger charge is 2.24. The van der Waals surface area contributed by atoms with Gasteiger partial charge in [0.15, 0.2) is 4.90 Å². The molecule has 1 nitrogen and oxygen atoms in total. The number of rotatable bonds is 3. The molecule has 2 heteroatoms. The van der Waals surface area contributed by atoms with Crippen molar-refractivity contribution < 1.29 is 5.11 Å². The van der Waals surface area contributed by atoms with E-state index in [1.807, 2.05) is 13.8 Å². The van der Waals surface area contributed by atoms with Crippen molar-refractivity contribution in [3.8, 4) is 5.75 Å². The van der Waals surface area contributed by atoms with Crippen LogP contribution < -0.4 is 0 Å². The van der Waals surface area contributed by atoms with Crippen molar-refractivity contribution in [1.29, 1.82) is 0 Å². The number of hydrogen-bond donors (Lipinski definition) is 1. The lowest BCUT2D eigenvalue weighted by atomic mass is 10.1. The minimum absolute atomic E-state index is 0.314. The number of benzene rings is 1. The topological polar surface area (TPSA) is 20.2 Å². The monoisotopic (exact) mass is 225 g/mol. The molecule has 84 valence electrons. The first kappa shape index (κ1) is 12.4. The molecule has 1 atom stereocenters. The quantitative estimate of drug-likeness (QED) is 0.782. The molecule has 0 aliphatic carbocycles. The van der Waals surface area contributed by atoms with E-state index in [2.05, 4.69) is 32.9 Å². The van der Waals surface area contributed by atoms with Crippen LogP contribution in [-0.2, 0) is 10.9 Å². The van der Waals surface area contributed by atoms with Gasteiger partial charge in [0.05, 0.1) is 0 Å². The normalized spacial score (nSPS) is 13.2. The molecule has 1 N–H and O–H groups in total. The fourth-order valence-electron chi connectivity index (χ4n) is 1.84. The first-order chi connectivity index (χ1) is 6.97. The molecule has 0 bridgehead atoms. The van der Waals surface area contributed by atoms with Gasteiger partial charge in [-0.15, -0.1) is 0 Å². The van der Waals surface area contributed by atoms with Gasteiger partial charge in [-0.3, -0.25) is 0 Å². The summed E-state index contributed by atoms with van der Waals surface area (Å²) in [6, 6.07) is 4.27. The van der Waals surface area contributed by atoms with E-state index in [9.17, 15) is 5.11 Å². The third-order valence-electron chi connectivity index (χ3n) is 2.65. The first-order valence-corrected chi connectivity index (χ1v) is 6.93. The van der Waals surface area contributed by atoms with Gasteiger partial charge in [-0.2, -0.15) is 0 Å². The number of phenols is 1. The van der Waals surface area contributed by atoms with Gasteiger partial charge in [-0.05, 0) is 57.9 Å². The van der Waals surface area contributed by atoms with E-state index in [0.717, 1.165) is 11.1 Å². The molecule has 0 fully saturated rings. The molecular weight excluding hydrogens is 204 g/mol. The molecule has 0 saturated heterocycles.